The molecule has 2 aromatic carbocycles. The van der Waals surface area contributed by atoms with Crippen molar-refractivity contribution in [1.29, 1.82) is 5.26 Å². The van der Waals surface area contributed by atoms with Crippen LogP contribution in [0.3, 0.4) is 0 Å². The molecule has 4 rings (SSSR count). The molecule has 1 aliphatic rings. The number of rotatable bonds is 6. The first-order valence-corrected chi connectivity index (χ1v) is 12.0. The number of nitrogens with zero attached hydrogens (tertiary/aromatic N) is 4. The standard InChI is InChI=1S/C28H32N5O2/c1-5-19-9-7-13-32(3)27(34)26(19)20-8-6-10-23(14-20)35-24-15-22(12-11-21(24)16-29)28(2,30)25-17-31-18-33(25)4/h6,8,10-12,14-15,17-19H,5,7,9,13,30H2,1-4H3/q+1. The fraction of sp³-hybridized carbons (Fsp3) is 0.357. The maximum atomic E-state index is 13.2. The second-order valence-electron chi connectivity index (χ2n) is 9.43. The highest BCUT2D eigenvalue weighted by molar-refractivity contribution is 5.95. The van der Waals surface area contributed by atoms with E-state index in [9.17, 15) is 10.1 Å². The number of likely N-dealkylation sites (tertiary alicyclic amines) is 1. The largest absolute Gasteiger partial charge is 0.443 e. The maximum Gasteiger partial charge on any atom is 0.306 e. The van der Waals surface area contributed by atoms with Crippen molar-refractivity contribution in [1.82, 2.24) is 14.5 Å². The van der Waals surface area contributed by atoms with Crippen LogP contribution in [0.15, 0.2) is 55.0 Å². The summed E-state index contributed by atoms with van der Waals surface area (Å²) in [6.45, 7) is 4.80. The number of hydrogen-bond acceptors (Lipinski definition) is 5. The molecule has 1 fully saturated rings. The van der Waals surface area contributed by atoms with E-state index in [0.29, 0.717) is 17.1 Å². The Morgan fingerprint density at radius 2 is 2.09 bits per heavy atom. The van der Waals surface area contributed by atoms with E-state index in [2.05, 4.69) is 18.0 Å². The third-order valence-electron chi connectivity index (χ3n) is 6.95. The van der Waals surface area contributed by atoms with Crippen LogP contribution >= 0.6 is 0 Å². The minimum Gasteiger partial charge on any atom is -0.443 e. The zero-order valence-corrected chi connectivity index (χ0v) is 20.8. The van der Waals surface area contributed by atoms with Crippen LogP contribution in [0.4, 0.5) is 0 Å². The highest BCUT2D eigenvalue weighted by Crippen LogP contribution is 2.37. The number of likely N-dealkylation sites (N-methyl/N-ethyl adjacent to an activating group) is 1. The lowest BCUT2D eigenvalue weighted by molar-refractivity contribution is -0.127. The summed E-state index contributed by atoms with van der Waals surface area (Å²) in [5, 5.41) is 9.71. The first kappa shape index (κ1) is 24.4. The van der Waals surface area contributed by atoms with Gasteiger partial charge in [-0.15, -0.1) is 0 Å². The van der Waals surface area contributed by atoms with E-state index in [1.165, 1.54) is 0 Å². The molecule has 7 nitrogen and oxygen atoms in total. The monoisotopic (exact) mass is 470 g/mol. The SMILES string of the molecule is CCC1CCCN(C)C(=O)[C+]1c1cccc(Oc2cc(C(C)(N)c3cncn3C)ccc2C#N)c1. The van der Waals surface area contributed by atoms with Crippen molar-refractivity contribution >= 4 is 5.91 Å². The Hall–Kier alpha value is -3.76. The average molecular weight is 471 g/mol. The van der Waals surface area contributed by atoms with Gasteiger partial charge in [-0.1, -0.05) is 13.0 Å². The van der Waals surface area contributed by atoms with E-state index in [1.54, 1.807) is 23.5 Å². The summed E-state index contributed by atoms with van der Waals surface area (Å²) in [4.78, 5) is 19.2. The van der Waals surface area contributed by atoms with Crippen LogP contribution < -0.4 is 10.5 Å². The van der Waals surface area contributed by atoms with Crippen molar-refractivity contribution < 1.29 is 9.53 Å². The van der Waals surface area contributed by atoms with Crippen molar-refractivity contribution in [3.63, 3.8) is 0 Å². The normalized spacial score (nSPS) is 18.1. The average Bonchev–Trinajstić information content (AvgIpc) is 3.23. The van der Waals surface area contributed by atoms with Gasteiger partial charge in [0.2, 0.25) is 0 Å². The van der Waals surface area contributed by atoms with E-state index in [-0.39, 0.29) is 11.8 Å². The molecule has 0 bridgehead atoms. The van der Waals surface area contributed by atoms with Crippen LogP contribution in [0, 0.1) is 23.2 Å². The van der Waals surface area contributed by atoms with Gasteiger partial charge in [0.05, 0.1) is 35.4 Å². The Morgan fingerprint density at radius 3 is 2.77 bits per heavy atom. The third kappa shape index (κ3) is 4.75. The van der Waals surface area contributed by atoms with Crippen molar-refractivity contribution in [3.05, 3.63) is 83.3 Å². The lowest BCUT2D eigenvalue weighted by Gasteiger charge is -2.26. The predicted molar refractivity (Wildman–Crippen MR) is 135 cm³/mol. The van der Waals surface area contributed by atoms with Crippen LogP contribution in [0.2, 0.25) is 0 Å². The number of ether oxygens (including phenoxy) is 1. The van der Waals surface area contributed by atoms with Crippen molar-refractivity contribution in [2.45, 2.75) is 38.6 Å². The van der Waals surface area contributed by atoms with E-state index in [4.69, 9.17) is 10.5 Å². The van der Waals surface area contributed by atoms with E-state index in [1.807, 2.05) is 62.0 Å². The second kappa shape index (κ2) is 9.85. The smallest absolute Gasteiger partial charge is 0.306 e. The summed E-state index contributed by atoms with van der Waals surface area (Å²) in [7, 11) is 3.75. The summed E-state index contributed by atoms with van der Waals surface area (Å²) in [5.41, 5.74) is 8.78. The van der Waals surface area contributed by atoms with Gasteiger partial charge < -0.3 is 19.9 Å². The molecule has 2 unspecified atom stereocenters. The van der Waals surface area contributed by atoms with Gasteiger partial charge in [-0.25, -0.2) is 4.98 Å². The van der Waals surface area contributed by atoms with Crippen LogP contribution in [0.25, 0.3) is 0 Å². The highest BCUT2D eigenvalue weighted by Gasteiger charge is 2.39. The number of nitriles is 1. The number of aromatic nitrogens is 2. The van der Waals surface area contributed by atoms with Gasteiger partial charge in [-0.05, 0) is 43.9 Å². The van der Waals surface area contributed by atoms with Crippen LogP contribution in [-0.4, -0.2) is 34.0 Å². The zero-order valence-electron chi connectivity index (χ0n) is 20.8. The summed E-state index contributed by atoms with van der Waals surface area (Å²) in [5.74, 6) is 2.09. The summed E-state index contributed by atoms with van der Waals surface area (Å²) in [6.07, 6.45) is 6.33. The topological polar surface area (TPSA) is 97.2 Å². The summed E-state index contributed by atoms with van der Waals surface area (Å²) >= 11 is 0. The van der Waals surface area contributed by atoms with Crippen molar-refractivity contribution in [3.8, 4) is 17.6 Å². The highest BCUT2D eigenvalue weighted by atomic mass is 16.5. The number of benzene rings is 2. The lowest BCUT2D eigenvalue weighted by atomic mass is 9.81. The van der Waals surface area contributed by atoms with Crippen molar-refractivity contribution in [2.75, 3.05) is 13.6 Å². The van der Waals surface area contributed by atoms with Crippen LogP contribution in [0.1, 0.15) is 55.5 Å². The van der Waals surface area contributed by atoms with Gasteiger partial charge in [0.15, 0.2) is 5.75 Å². The molecule has 35 heavy (non-hydrogen) atoms. The number of imidazole rings is 1. The Kier molecular flexibility index (Phi) is 6.86. The number of aryl methyl sites for hydroxylation is 1. The van der Waals surface area contributed by atoms with E-state index in [0.717, 1.165) is 48.5 Å². The molecule has 7 heteroatoms. The predicted octanol–water partition coefficient (Wildman–Crippen LogP) is 4.51. The third-order valence-corrected chi connectivity index (χ3v) is 6.95. The van der Waals surface area contributed by atoms with Gasteiger partial charge in [-0.3, -0.25) is 4.79 Å². The lowest BCUT2D eigenvalue weighted by Crippen LogP contribution is -2.36. The van der Waals surface area contributed by atoms with Gasteiger partial charge in [0, 0.05) is 44.8 Å². The molecule has 2 N–H and O–H groups in total. The number of nitrogens with two attached hydrogens (primary N) is 1. The second-order valence-corrected chi connectivity index (χ2v) is 9.43. The zero-order chi connectivity index (χ0) is 25.2. The molecule has 0 aliphatic carbocycles. The fourth-order valence-corrected chi connectivity index (χ4v) is 4.85. The van der Waals surface area contributed by atoms with Gasteiger partial charge in [0.1, 0.15) is 23.3 Å². The first-order valence-electron chi connectivity index (χ1n) is 12.0. The fourth-order valence-electron chi connectivity index (χ4n) is 4.85. The molecule has 0 saturated carbocycles. The Balaban J connectivity index is 1.69. The molecule has 180 valence electrons. The van der Waals surface area contributed by atoms with E-state index >= 15 is 0 Å². The summed E-state index contributed by atoms with van der Waals surface area (Å²) < 4.78 is 8.12. The van der Waals surface area contributed by atoms with Crippen LogP contribution in [-0.2, 0) is 17.4 Å². The molecule has 0 spiro atoms. The molecule has 2 heterocycles. The molecular formula is C28H32N5O2+. The Labute approximate surface area is 207 Å². The van der Waals surface area contributed by atoms with Gasteiger partial charge in [0.25, 0.3) is 0 Å². The molecule has 1 saturated heterocycles. The molecule has 0 radical (unpaired) electrons. The maximum absolute atomic E-state index is 13.2. The Bertz CT molecular complexity index is 1260. The summed E-state index contributed by atoms with van der Waals surface area (Å²) in [6, 6.07) is 15.2. The van der Waals surface area contributed by atoms with Gasteiger partial charge in [-0.2, -0.15) is 5.26 Å². The molecular weight excluding hydrogens is 438 g/mol. The van der Waals surface area contributed by atoms with Gasteiger partial charge >= 0.3 is 5.91 Å². The quantitative estimate of drug-likeness (QED) is 0.535. The number of carbonyl (C=O) groups is 1. The number of carbonyl (C=O) groups excluding carboxylic acids is 1. The first-order chi connectivity index (χ1) is 16.8. The minimum atomic E-state index is -0.833. The molecule has 1 aliphatic heterocycles. The minimum absolute atomic E-state index is 0.0706. The van der Waals surface area contributed by atoms with Crippen LogP contribution in [0.5, 0.6) is 11.5 Å². The Morgan fingerprint density at radius 1 is 1.29 bits per heavy atom. The molecule has 2 atom stereocenters. The number of amides is 1. The van der Waals surface area contributed by atoms with E-state index < -0.39 is 5.54 Å². The molecule has 3 aromatic rings. The molecule has 1 aromatic heterocycles. The number of hydrogen-bond donors (Lipinski definition) is 1. The van der Waals surface area contributed by atoms with Crippen molar-refractivity contribution in [2.24, 2.45) is 18.7 Å². The molecule has 1 amide bonds.